The third-order valence-corrected chi connectivity index (χ3v) is 2.43. The van der Waals surface area contributed by atoms with Gasteiger partial charge in [0.15, 0.2) is 0 Å². The molecule has 1 N–H and O–H groups in total. The third kappa shape index (κ3) is 3.00. The molecule has 0 heterocycles. The van der Waals surface area contributed by atoms with Crippen LogP contribution in [0.5, 0.6) is 0 Å². The molecule has 1 aromatic carbocycles. The summed E-state index contributed by atoms with van der Waals surface area (Å²) in [6, 6.07) is 1.81. The molecule has 3 nitrogen and oxygen atoms in total. The van der Waals surface area contributed by atoms with Gasteiger partial charge in [-0.25, -0.2) is 8.78 Å². The number of benzene rings is 1. The van der Waals surface area contributed by atoms with Crippen LogP contribution >= 0.6 is 0 Å². The van der Waals surface area contributed by atoms with Gasteiger partial charge in [0, 0.05) is 18.2 Å². The lowest BCUT2D eigenvalue weighted by Crippen LogP contribution is -2.35. The maximum absolute atomic E-state index is 13.7. The normalized spacial score (nSPS) is 10.7. The quantitative estimate of drug-likeness (QED) is 0.804. The van der Waals surface area contributed by atoms with E-state index < -0.39 is 11.6 Å². The fraction of sp³-hybridized carbons (Fsp3) is 0.417. The Kier molecular flexibility index (Phi) is 4.57. The molecule has 0 amide bonds. The predicted molar refractivity (Wildman–Crippen MR) is 61.3 cm³/mol. The van der Waals surface area contributed by atoms with E-state index in [0.29, 0.717) is 6.29 Å². The highest BCUT2D eigenvalue weighted by Crippen LogP contribution is 2.26. The van der Waals surface area contributed by atoms with E-state index in [1.807, 2.05) is 0 Å². The molecule has 0 atom stereocenters. The van der Waals surface area contributed by atoms with Gasteiger partial charge in [-0.1, -0.05) is 0 Å². The fourth-order valence-electron chi connectivity index (χ4n) is 1.66. The van der Waals surface area contributed by atoms with Crippen molar-refractivity contribution in [1.29, 1.82) is 0 Å². The van der Waals surface area contributed by atoms with Gasteiger partial charge in [0.1, 0.15) is 23.6 Å². The Bertz CT molecular complexity index is 384. The van der Waals surface area contributed by atoms with Gasteiger partial charge < -0.3 is 10.0 Å². The highest BCUT2D eigenvalue weighted by Gasteiger charge is 2.19. The summed E-state index contributed by atoms with van der Waals surface area (Å²) >= 11 is 0. The first-order valence-corrected chi connectivity index (χ1v) is 5.33. The molecule has 0 fully saturated rings. The van der Waals surface area contributed by atoms with Crippen LogP contribution in [-0.4, -0.2) is 30.6 Å². The first-order valence-electron chi connectivity index (χ1n) is 5.33. The summed E-state index contributed by atoms with van der Waals surface area (Å²) < 4.78 is 27.4. The highest BCUT2D eigenvalue weighted by molar-refractivity contribution is 5.76. The number of nitrogens with zero attached hydrogens (tertiary/aromatic N) is 1. The molecule has 5 heteroatoms. The van der Waals surface area contributed by atoms with Gasteiger partial charge in [-0.05, 0) is 26.0 Å². The zero-order valence-electron chi connectivity index (χ0n) is 9.78. The van der Waals surface area contributed by atoms with E-state index in [0.717, 1.165) is 12.1 Å². The van der Waals surface area contributed by atoms with E-state index in [4.69, 9.17) is 5.11 Å². The maximum atomic E-state index is 13.7. The van der Waals surface area contributed by atoms with Crippen molar-refractivity contribution in [1.82, 2.24) is 0 Å². The number of halogens is 2. The largest absolute Gasteiger partial charge is 0.395 e. The molecule has 0 aliphatic rings. The van der Waals surface area contributed by atoms with Crippen molar-refractivity contribution < 1.29 is 18.7 Å². The molecule has 1 rings (SSSR count). The van der Waals surface area contributed by atoms with Crippen LogP contribution < -0.4 is 4.90 Å². The molecule has 94 valence electrons. The van der Waals surface area contributed by atoms with Crippen LogP contribution in [0.1, 0.15) is 24.2 Å². The van der Waals surface area contributed by atoms with Gasteiger partial charge in [0.05, 0.1) is 6.61 Å². The molecule has 0 spiro atoms. The Hall–Kier alpha value is -1.49. The number of rotatable bonds is 5. The van der Waals surface area contributed by atoms with Crippen molar-refractivity contribution in [3.8, 4) is 0 Å². The Labute approximate surface area is 98.7 Å². The topological polar surface area (TPSA) is 40.5 Å². The van der Waals surface area contributed by atoms with Crippen LogP contribution in [0.15, 0.2) is 12.1 Å². The Morgan fingerprint density at radius 3 is 2.24 bits per heavy atom. The number of aliphatic hydroxyl groups is 1. The maximum Gasteiger partial charge on any atom is 0.150 e. The summed E-state index contributed by atoms with van der Waals surface area (Å²) in [5, 5.41) is 8.89. The van der Waals surface area contributed by atoms with E-state index in [-0.39, 0.29) is 30.4 Å². The highest BCUT2D eigenvalue weighted by atomic mass is 19.1. The molecule has 17 heavy (non-hydrogen) atoms. The van der Waals surface area contributed by atoms with Crippen molar-refractivity contribution >= 4 is 12.0 Å². The first kappa shape index (κ1) is 13.6. The summed E-state index contributed by atoms with van der Waals surface area (Å²) in [4.78, 5) is 11.9. The van der Waals surface area contributed by atoms with Gasteiger partial charge in [-0.3, -0.25) is 4.79 Å². The average molecular weight is 243 g/mol. The lowest BCUT2D eigenvalue weighted by molar-refractivity contribution is 0.112. The lowest BCUT2D eigenvalue weighted by Gasteiger charge is -2.29. The number of carbonyl (C=O) groups is 1. The molecule has 0 saturated heterocycles. The van der Waals surface area contributed by atoms with Crippen molar-refractivity contribution in [2.75, 3.05) is 18.1 Å². The van der Waals surface area contributed by atoms with E-state index in [2.05, 4.69) is 0 Å². The molecule has 0 aliphatic heterocycles. The van der Waals surface area contributed by atoms with Gasteiger partial charge in [0.2, 0.25) is 0 Å². The minimum absolute atomic E-state index is 0.0449. The second kappa shape index (κ2) is 5.72. The van der Waals surface area contributed by atoms with Crippen molar-refractivity contribution in [2.45, 2.75) is 19.9 Å². The lowest BCUT2D eigenvalue weighted by atomic mass is 10.1. The molecule has 1 aromatic rings. The van der Waals surface area contributed by atoms with Crippen LogP contribution in [0.2, 0.25) is 0 Å². The number of carbonyl (C=O) groups excluding carboxylic acids is 1. The van der Waals surface area contributed by atoms with E-state index in [9.17, 15) is 13.6 Å². The van der Waals surface area contributed by atoms with Crippen LogP contribution in [0.4, 0.5) is 14.5 Å². The molecule has 0 aromatic heterocycles. The molecule has 0 saturated carbocycles. The van der Waals surface area contributed by atoms with Crippen molar-refractivity contribution in [3.63, 3.8) is 0 Å². The van der Waals surface area contributed by atoms with Crippen LogP contribution in [-0.2, 0) is 0 Å². The summed E-state index contributed by atoms with van der Waals surface area (Å²) in [5.74, 6) is -1.59. The Morgan fingerprint density at radius 1 is 1.35 bits per heavy atom. The fourth-order valence-corrected chi connectivity index (χ4v) is 1.66. The van der Waals surface area contributed by atoms with Crippen molar-refractivity contribution in [3.05, 3.63) is 29.3 Å². The number of hydrogen-bond donors (Lipinski definition) is 1. The summed E-state index contributed by atoms with van der Waals surface area (Å²) in [5.41, 5.74) is -0.254. The summed E-state index contributed by atoms with van der Waals surface area (Å²) in [6.45, 7) is 3.46. The van der Waals surface area contributed by atoms with Crippen LogP contribution in [0.25, 0.3) is 0 Å². The molecule has 0 aliphatic carbocycles. The first-order chi connectivity index (χ1) is 8.01. The minimum atomic E-state index is -0.797. The molecule has 0 unspecified atom stereocenters. The SMILES string of the molecule is CC(C)N(CCO)c1c(F)cc(C=O)cc1F. The van der Waals surface area contributed by atoms with Gasteiger partial charge in [0.25, 0.3) is 0 Å². The van der Waals surface area contributed by atoms with E-state index in [1.54, 1.807) is 13.8 Å². The molecular weight excluding hydrogens is 228 g/mol. The van der Waals surface area contributed by atoms with Gasteiger partial charge >= 0.3 is 0 Å². The monoisotopic (exact) mass is 243 g/mol. The molecule has 0 bridgehead atoms. The van der Waals surface area contributed by atoms with Crippen LogP contribution in [0, 0.1) is 11.6 Å². The van der Waals surface area contributed by atoms with E-state index in [1.165, 1.54) is 4.90 Å². The van der Waals surface area contributed by atoms with Gasteiger partial charge in [-0.15, -0.1) is 0 Å². The Balaban J connectivity index is 3.23. The number of aldehydes is 1. The number of hydrogen-bond acceptors (Lipinski definition) is 3. The van der Waals surface area contributed by atoms with Crippen molar-refractivity contribution in [2.24, 2.45) is 0 Å². The summed E-state index contributed by atoms with van der Waals surface area (Å²) in [7, 11) is 0. The Morgan fingerprint density at radius 2 is 1.88 bits per heavy atom. The minimum Gasteiger partial charge on any atom is -0.395 e. The summed E-state index contributed by atoms with van der Waals surface area (Å²) in [6.07, 6.45) is 0.391. The van der Waals surface area contributed by atoms with Crippen LogP contribution in [0.3, 0.4) is 0 Å². The predicted octanol–water partition coefficient (Wildman–Crippen LogP) is 1.98. The standard InChI is InChI=1S/C12H15F2NO2/c1-8(2)15(3-4-16)12-10(13)5-9(7-17)6-11(12)14/h5-8,16H,3-4H2,1-2H3. The average Bonchev–Trinajstić information content (AvgIpc) is 2.26. The smallest absolute Gasteiger partial charge is 0.150 e. The molecule has 0 radical (unpaired) electrons. The third-order valence-electron chi connectivity index (χ3n) is 2.43. The zero-order valence-corrected chi connectivity index (χ0v) is 9.78. The number of anilines is 1. The second-order valence-corrected chi connectivity index (χ2v) is 3.96. The number of aliphatic hydroxyl groups excluding tert-OH is 1. The molecular formula is C12H15F2NO2. The van der Waals surface area contributed by atoms with Gasteiger partial charge in [-0.2, -0.15) is 0 Å². The zero-order chi connectivity index (χ0) is 13.0. The second-order valence-electron chi connectivity index (χ2n) is 3.96. The van der Waals surface area contributed by atoms with E-state index >= 15 is 0 Å².